The first-order chi connectivity index (χ1) is 10.1. The molecule has 0 heterocycles. The van der Waals surface area contributed by atoms with Crippen molar-refractivity contribution >= 4 is 18.5 Å². The number of rotatable bonds is 4. The molecule has 0 saturated carbocycles. The van der Waals surface area contributed by atoms with E-state index in [2.05, 4.69) is 4.74 Å². The van der Waals surface area contributed by atoms with Gasteiger partial charge in [-0.25, -0.2) is 9.18 Å². The Morgan fingerprint density at radius 1 is 1.10 bits per heavy atom. The standard InChI is InChI=1S/C16H11FO4/c1-21-16(20)11-4-2-3-10(5-11)12-6-13(8-18)14(9-19)15(17)7-12/h2-9H,1H3. The van der Waals surface area contributed by atoms with Crippen LogP contribution in [0.1, 0.15) is 31.1 Å². The zero-order chi connectivity index (χ0) is 15.4. The molecule has 0 atom stereocenters. The van der Waals surface area contributed by atoms with Crippen LogP contribution in [0.4, 0.5) is 4.39 Å². The maximum atomic E-state index is 13.8. The Kier molecular flexibility index (Phi) is 4.23. The van der Waals surface area contributed by atoms with Crippen molar-refractivity contribution in [2.24, 2.45) is 0 Å². The van der Waals surface area contributed by atoms with Crippen LogP contribution in [0.3, 0.4) is 0 Å². The molecule has 2 aromatic carbocycles. The van der Waals surface area contributed by atoms with Crippen molar-refractivity contribution < 1.29 is 23.5 Å². The highest BCUT2D eigenvalue weighted by Gasteiger charge is 2.12. The number of esters is 1. The van der Waals surface area contributed by atoms with Crippen LogP contribution >= 0.6 is 0 Å². The van der Waals surface area contributed by atoms with Crippen LogP contribution < -0.4 is 0 Å². The molecule has 106 valence electrons. The van der Waals surface area contributed by atoms with E-state index in [1.165, 1.54) is 19.2 Å². The van der Waals surface area contributed by atoms with Crippen molar-refractivity contribution in [3.05, 3.63) is 58.9 Å². The Morgan fingerprint density at radius 3 is 2.48 bits per heavy atom. The molecule has 5 heteroatoms. The van der Waals surface area contributed by atoms with E-state index >= 15 is 0 Å². The van der Waals surface area contributed by atoms with Crippen LogP contribution in [0, 0.1) is 5.82 Å². The molecular formula is C16H11FO4. The second kappa shape index (κ2) is 6.09. The number of hydrogen-bond acceptors (Lipinski definition) is 4. The van der Waals surface area contributed by atoms with Gasteiger partial charge in [0.2, 0.25) is 0 Å². The van der Waals surface area contributed by atoms with Gasteiger partial charge < -0.3 is 4.74 Å². The van der Waals surface area contributed by atoms with Crippen molar-refractivity contribution in [3.8, 4) is 11.1 Å². The summed E-state index contributed by atoms with van der Waals surface area (Å²) in [5.41, 5.74) is 0.923. The molecule has 0 bridgehead atoms. The Morgan fingerprint density at radius 2 is 1.86 bits per heavy atom. The van der Waals surface area contributed by atoms with Crippen LogP contribution in [0.25, 0.3) is 11.1 Å². The molecule has 0 aliphatic heterocycles. The van der Waals surface area contributed by atoms with E-state index in [0.717, 1.165) is 6.07 Å². The predicted molar refractivity (Wildman–Crippen MR) is 74.0 cm³/mol. The molecule has 0 N–H and O–H groups in total. The first-order valence-electron chi connectivity index (χ1n) is 6.03. The number of halogens is 1. The summed E-state index contributed by atoms with van der Waals surface area (Å²) in [6.45, 7) is 0. The third-order valence-electron chi connectivity index (χ3n) is 3.02. The molecule has 2 aromatic rings. The number of hydrogen-bond donors (Lipinski definition) is 0. The molecule has 0 radical (unpaired) electrons. The Labute approximate surface area is 120 Å². The molecule has 2 rings (SSSR count). The van der Waals surface area contributed by atoms with Crippen LogP contribution in [-0.4, -0.2) is 25.7 Å². The normalized spacial score (nSPS) is 10.0. The maximum Gasteiger partial charge on any atom is 0.337 e. The Bertz CT molecular complexity index is 722. The second-order valence-corrected chi connectivity index (χ2v) is 4.27. The molecule has 0 unspecified atom stereocenters. The zero-order valence-electron chi connectivity index (χ0n) is 11.1. The van der Waals surface area contributed by atoms with Gasteiger partial charge >= 0.3 is 5.97 Å². The minimum absolute atomic E-state index is 0.0385. The minimum Gasteiger partial charge on any atom is -0.465 e. The number of ether oxygens (including phenoxy) is 1. The summed E-state index contributed by atoms with van der Waals surface area (Å²) in [6.07, 6.45) is 0.716. The van der Waals surface area contributed by atoms with Crippen molar-refractivity contribution in [2.75, 3.05) is 7.11 Å². The van der Waals surface area contributed by atoms with Crippen LogP contribution in [0.2, 0.25) is 0 Å². The van der Waals surface area contributed by atoms with Gasteiger partial charge in [-0.1, -0.05) is 12.1 Å². The highest BCUT2D eigenvalue weighted by molar-refractivity contribution is 5.94. The molecule has 4 nitrogen and oxygen atoms in total. The summed E-state index contributed by atoms with van der Waals surface area (Å²) in [5, 5.41) is 0. The fraction of sp³-hybridized carbons (Fsp3) is 0.0625. The third-order valence-corrected chi connectivity index (χ3v) is 3.02. The van der Waals surface area contributed by atoms with Gasteiger partial charge in [-0.05, 0) is 35.4 Å². The molecule has 0 spiro atoms. The Hall–Kier alpha value is -2.82. The molecule has 0 aliphatic rings. The molecule has 0 aliphatic carbocycles. The fourth-order valence-electron chi connectivity index (χ4n) is 1.97. The van der Waals surface area contributed by atoms with Gasteiger partial charge in [0.1, 0.15) is 5.82 Å². The molecule has 0 amide bonds. The second-order valence-electron chi connectivity index (χ2n) is 4.27. The summed E-state index contributed by atoms with van der Waals surface area (Å²) >= 11 is 0. The summed E-state index contributed by atoms with van der Waals surface area (Å²) in [5.74, 6) is -1.30. The fourth-order valence-corrected chi connectivity index (χ4v) is 1.97. The Balaban J connectivity index is 2.57. The van der Waals surface area contributed by atoms with Crippen LogP contribution in [0.5, 0.6) is 0 Å². The highest BCUT2D eigenvalue weighted by atomic mass is 19.1. The maximum absolute atomic E-state index is 13.8. The monoisotopic (exact) mass is 286 g/mol. The summed E-state index contributed by atoms with van der Waals surface area (Å²) < 4.78 is 18.4. The lowest BCUT2D eigenvalue weighted by atomic mass is 9.98. The first kappa shape index (κ1) is 14.6. The number of methoxy groups -OCH3 is 1. The molecule has 0 fully saturated rings. The van der Waals surface area contributed by atoms with Gasteiger partial charge in [-0.3, -0.25) is 9.59 Å². The summed E-state index contributed by atoms with van der Waals surface area (Å²) in [7, 11) is 1.26. The van der Waals surface area contributed by atoms with Crippen LogP contribution in [-0.2, 0) is 4.74 Å². The average molecular weight is 286 g/mol. The van der Waals surface area contributed by atoms with E-state index in [-0.39, 0.29) is 11.1 Å². The summed E-state index contributed by atoms with van der Waals surface area (Å²) in [4.78, 5) is 33.2. The lowest BCUT2D eigenvalue weighted by Gasteiger charge is -2.07. The smallest absolute Gasteiger partial charge is 0.337 e. The van der Waals surface area contributed by atoms with Gasteiger partial charge in [0, 0.05) is 5.56 Å². The summed E-state index contributed by atoms with van der Waals surface area (Å²) in [6, 6.07) is 8.91. The van der Waals surface area contributed by atoms with Crippen molar-refractivity contribution in [1.29, 1.82) is 0 Å². The predicted octanol–water partition coefficient (Wildman–Crippen LogP) is 2.90. The third kappa shape index (κ3) is 2.86. The van der Waals surface area contributed by atoms with E-state index in [9.17, 15) is 18.8 Å². The van der Waals surface area contributed by atoms with Gasteiger partial charge in [0.05, 0.1) is 18.2 Å². The van der Waals surface area contributed by atoms with Crippen molar-refractivity contribution in [2.45, 2.75) is 0 Å². The van der Waals surface area contributed by atoms with E-state index in [0.29, 0.717) is 29.3 Å². The van der Waals surface area contributed by atoms with E-state index in [1.807, 2.05) is 0 Å². The topological polar surface area (TPSA) is 60.4 Å². The van der Waals surface area contributed by atoms with Gasteiger partial charge in [0.15, 0.2) is 12.6 Å². The lowest BCUT2D eigenvalue weighted by Crippen LogP contribution is -2.01. The van der Waals surface area contributed by atoms with E-state index in [1.54, 1.807) is 18.2 Å². The SMILES string of the molecule is COC(=O)c1cccc(-c2cc(F)c(C=O)c(C=O)c2)c1. The number of aldehydes is 2. The quantitative estimate of drug-likeness (QED) is 0.640. The minimum atomic E-state index is -0.784. The largest absolute Gasteiger partial charge is 0.465 e. The van der Waals surface area contributed by atoms with Crippen LogP contribution in [0.15, 0.2) is 36.4 Å². The molecule has 0 saturated heterocycles. The van der Waals surface area contributed by atoms with Crippen molar-refractivity contribution in [1.82, 2.24) is 0 Å². The average Bonchev–Trinajstić information content (AvgIpc) is 2.53. The van der Waals surface area contributed by atoms with Gasteiger partial charge in [0.25, 0.3) is 0 Å². The van der Waals surface area contributed by atoms with Crippen molar-refractivity contribution in [3.63, 3.8) is 0 Å². The van der Waals surface area contributed by atoms with E-state index < -0.39 is 11.8 Å². The lowest BCUT2D eigenvalue weighted by molar-refractivity contribution is 0.0600. The first-order valence-corrected chi connectivity index (χ1v) is 6.03. The molecular weight excluding hydrogens is 275 g/mol. The zero-order valence-corrected chi connectivity index (χ0v) is 11.1. The van der Waals surface area contributed by atoms with E-state index in [4.69, 9.17) is 0 Å². The number of carbonyl (C=O) groups excluding carboxylic acids is 3. The number of carbonyl (C=O) groups is 3. The van der Waals surface area contributed by atoms with Gasteiger partial charge in [-0.15, -0.1) is 0 Å². The van der Waals surface area contributed by atoms with Gasteiger partial charge in [-0.2, -0.15) is 0 Å². The number of benzene rings is 2. The highest BCUT2D eigenvalue weighted by Crippen LogP contribution is 2.25. The molecule has 0 aromatic heterocycles. The molecule has 21 heavy (non-hydrogen) atoms.